The molecule has 0 bridgehead atoms. The van der Waals surface area contributed by atoms with E-state index in [0.717, 1.165) is 43.9 Å². The first kappa shape index (κ1) is 20.6. The standard InChI is InChI=1S/C17H23F3N6O2S/c18-17(19,20)5-8-29-16-22-14(21-10-1-2-10)13-15(23-16)26(25-24-13)11-3-4-12(9-11)28-7-6-27/h10-12,27H,1-9H2,(H,21,22,23). The van der Waals surface area contributed by atoms with E-state index in [1.165, 1.54) is 0 Å². The Bertz CT molecular complexity index is 844. The second-order valence-electron chi connectivity index (χ2n) is 7.38. The number of nitrogens with zero attached hydrogens (tertiary/aromatic N) is 5. The van der Waals surface area contributed by atoms with Gasteiger partial charge in [0.1, 0.15) is 0 Å². The highest BCUT2D eigenvalue weighted by atomic mass is 32.2. The van der Waals surface area contributed by atoms with Gasteiger partial charge in [0.25, 0.3) is 0 Å². The maximum Gasteiger partial charge on any atom is 0.389 e. The molecule has 0 aliphatic heterocycles. The van der Waals surface area contributed by atoms with Crippen LogP contribution in [0.5, 0.6) is 0 Å². The van der Waals surface area contributed by atoms with Gasteiger partial charge >= 0.3 is 6.18 Å². The molecule has 0 aromatic carbocycles. The van der Waals surface area contributed by atoms with Crippen LogP contribution in [0.3, 0.4) is 0 Å². The minimum atomic E-state index is -4.21. The highest BCUT2D eigenvalue weighted by Gasteiger charge is 2.31. The van der Waals surface area contributed by atoms with Crippen molar-refractivity contribution >= 4 is 28.7 Å². The van der Waals surface area contributed by atoms with Gasteiger partial charge in [0.2, 0.25) is 0 Å². The van der Waals surface area contributed by atoms with E-state index in [-0.39, 0.29) is 24.5 Å². The summed E-state index contributed by atoms with van der Waals surface area (Å²) in [5.41, 5.74) is 1.07. The van der Waals surface area contributed by atoms with Crippen LogP contribution in [0.4, 0.5) is 19.0 Å². The molecule has 0 saturated heterocycles. The highest BCUT2D eigenvalue weighted by Crippen LogP contribution is 2.35. The summed E-state index contributed by atoms with van der Waals surface area (Å²) < 4.78 is 44.9. The molecule has 2 atom stereocenters. The summed E-state index contributed by atoms with van der Waals surface area (Å²) in [6.07, 6.45) is -0.594. The van der Waals surface area contributed by atoms with Gasteiger partial charge in [-0.15, -0.1) is 5.10 Å². The van der Waals surface area contributed by atoms with Crippen molar-refractivity contribution in [3.63, 3.8) is 0 Å². The number of hydrogen-bond acceptors (Lipinski definition) is 8. The number of rotatable bonds is 9. The molecule has 2 saturated carbocycles. The van der Waals surface area contributed by atoms with Gasteiger partial charge in [-0.2, -0.15) is 13.2 Å². The summed E-state index contributed by atoms with van der Waals surface area (Å²) >= 11 is 0.987. The molecule has 2 aliphatic carbocycles. The van der Waals surface area contributed by atoms with Gasteiger partial charge in [-0.1, -0.05) is 17.0 Å². The van der Waals surface area contributed by atoms with Gasteiger partial charge in [-0.05, 0) is 32.1 Å². The van der Waals surface area contributed by atoms with Crippen LogP contribution in [0.1, 0.15) is 44.6 Å². The Morgan fingerprint density at radius 3 is 2.76 bits per heavy atom. The van der Waals surface area contributed by atoms with E-state index in [9.17, 15) is 13.2 Å². The van der Waals surface area contributed by atoms with Gasteiger partial charge in [0, 0.05) is 11.8 Å². The average Bonchev–Trinajstić information content (AvgIpc) is 3.18. The molecule has 4 rings (SSSR count). The predicted octanol–water partition coefficient (Wildman–Crippen LogP) is 2.94. The molecule has 2 heterocycles. The molecule has 8 nitrogen and oxygen atoms in total. The second-order valence-corrected chi connectivity index (χ2v) is 8.44. The lowest BCUT2D eigenvalue weighted by Crippen LogP contribution is -2.14. The summed E-state index contributed by atoms with van der Waals surface area (Å²) in [4.78, 5) is 8.88. The highest BCUT2D eigenvalue weighted by molar-refractivity contribution is 7.99. The Labute approximate surface area is 169 Å². The Balaban J connectivity index is 1.56. The van der Waals surface area contributed by atoms with Crippen molar-refractivity contribution in [3.8, 4) is 0 Å². The number of thioether (sulfide) groups is 1. The zero-order chi connectivity index (χ0) is 20.4. The molecule has 2 fully saturated rings. The first-order valence-electron chi connectivity index (χ1n) is 9.74. The van der Waals surface area contributed by atoms with Crippen LogP contribution in [0, 0.1) is 0 Å². The predicted molar refractivity (Wildman–Crippen MR) is 101 cm³/mol. The fraction of sp³-hybridized carbons (Fsp3) is 0.765. The SMILES string of the molecule is OCCOC1CCC(n2nnc3c(NC4CC4)nc(SCCC(F)(F)F)nc32)C1. The van der Waals surface area contributed by atoms with E-state index in [0.29, 0.717) is 34.8 Å². The summed E-state index contributed by atoms with van der Waals surface area (Å²) in [5.74, 6) is 0.393. The molecule has 29 heavy (non-hydrogen) atoms. The molecule has 2 aromatic heterocycles. The number of nitrogens with one attached hydrogen (secondary N) is 1. The van der Waals surface area contributed by atoms with Crippen LogP contribution in [-0.4, -0.2) is 67.4 Å². The van der Waals surface area contributed by atoms with Crippen molar-refractivity contribution < 1.29 is 23.0 Å². The number of aliphatic hydroxyl groups excluding tert-OH is 1. The average molecular weight is 432 g/mol. The summed E-state index contributed by atoms with van der Waals surface area (Å²) in [7, 11) is 0. The largest absolute Gasteiger partial charge is 0.394 e. The Kier molecular flexibility index (Phi) is 6.11. The van der Waals surface area contributed by atoms with Crippen molar-refractivity contribution in [1.82, 2.24) is 25.0 Å². The first-order valence-corrected chi connectivity index (χ1v) is 10.7. The molecule has 2 unspecified atom stereocenters. The number of ether oxygens (including phenoxy) is 1. The number of aliphatic hydroxyl groups is 1. The number of alkyl halides is 3. The lowest BCUT2D eigenvalue weighted by atomic mass is 10.2. The quantitative estimate of drug-likeness (QED) is 0.461. The first-order chi connectivity index (χ1) is 13.9. The molecule has 0 radical (unpaired) electrons. The summed E-state index contributed by atoms with van der Waals surface area (Å²) in [5, 5.41) is 21.0. The number of halogens is 3. The van der Waals surface area contributed by atoms with Gasteiger partial charge in [0.15, 0.2) is 22.1 Å². The molecule has 0 spiro atoms. The van der Waals surface area contributed by atoms with Crippen molar-refractivity contribution in [2.45, 2.75) is 68.0 Å². The Morgan fingerprint density at radius 2 is 2.03 bits per heavy atom. The second kappa shape index (κ2) is 8.60. The maximum absolute atomic E-state index is 12.5. The molecular formula is C17H23F3N6O2S. The van der Waals surface area contributed by atoms with Gasteiger partial charge < -0.3 is 15.2 Å². The Hall–Kier alpha value is -1.66. The van der Waals surface area contributed by atoms with E-state index in [2.05, 4.69) is 25.6 Å². The molecule has 12 heteroatoms. The van der Waals surface area contributed by atoms with Crippen LogP contribution in [0.25, 0.3) is 11.2 Å². The van der Waals surface area contributed by atoms with E-state index >= 15 is 0 Å². The molecule has 2 aliphatic rings. The maximum atomic E-state index is 12.5. The number of anilines is 1. The fourth-order valence-corrected chi connectivity index (χ4v) is 4.23. The van der Waals surface area contributed by atoms with Crippen molar-refractivity contribution in [2.24, 2.45) is 0 Å². The lowest BCUT2D eigenvalue weighted by molar-refractivity contribution is -0.129. The normalized spacial score (nSPS) is 22.5. The van der Waals surface area contributed by atoms with E-state index < -0.39 is 12.6 Å². The minimum absolute atomic E-state index is 0.0185. The fourth-order valence-electron chi connectivity index (χ4n) is 3.41. The zero-order valence-corrected chi connectivity index (χ0v) is 16.5. The van der Waals surface area contributed by atoms with Crippen molar-refractivity contribution in [3.05, 3.63) is 0 Å². The van der Waals surface area contributed by atoms with Crippen molar-refractivity contribution in [1.29, 1.82) is 0 Å². The number of fused-ring (bicyclic) bond motifs is 1. The third kappa shape index (κ3) is 5.28. The summed E-state index contributed by atoms with van der Waals surface area (Å²) in [6, 6.07) is 0.356. The lowest BCUT2D eigenvalue weighted by Gasteiger charge is -2.13. The smallest absolute Gasteiger partial charge is 0.389 e. The topological polar surface area (TPSA) is 98.0 Å². The van der Waals surface area contributed by atoms with Crippen LogP contribution < -0.4 is 5.32 Å². The number of hydrogen-bond donors (Lipinski definition) is 2. The van der Waals surface area contributed by atoms with E-state index in [4.69, 9.17) is 9.84 Å². The van der Waals surface area contributed by atoms with Crippen molar-refractivity contribution in [2.75, 3.05) is 24.3 Å². The zero-order valence-electron chi connectivity index (χ0n) is 15.7. The van der Waals surface area contributed by atoms with Crippen LogP contribution in [-0.2, 0) is 4.74 Å². The third-order valence-electron chi connectivity index (χ3n) is 4.99. The van der Waals surface area contributed by atoms with Gasteiger partial charge in [-0.3, -0.25) is 0 Å². The Morgan fingerprint density at radius 1 is 1.21 bits per heavy atom. The molecule has 160 valence electrons. The van der Waals surface area contributed by atoms with Crippen LogP contribution in [0.15, 0.2) is 5.16 Å². The van der Waals surface area contributed by atoms with E-state index in [1.807, 2.05) is 0 Å². The molecule has 0 amide bonds. The van der Waals surface area contributed by atoms with Crippen LogP contribution >= 0.6 is 11.8 Å². The molecular weight excluding hydrogens is 409 g/mol. The van der Waals surface area contributed by atoms with E-state index in [1.54, 1.807) is 4.68 Å². The minimum Gasteiger partial charge on any atom is -0.394 e. The monoisotopic (exact) mass is 432 g/mol. The third-order valence-corrected chi connectivity index (χ3v) is 5.83. The van der Waals surface area contributed by atoms with Crippen LogP contribution in [0.2, 0.25) is 0 Å². The molecule has 2 N–H and O–H groups in total. The summed E-state index contributed by atoms with van der Waals surface area (Å²) in [6.45, 7) is 0.280. The van der Waals surface area contributed by atoms with Gasteiger partial charge in [-0.25, -0.2) is 14.6 Å². The van der Waals surface area contributed by atoms with Gasteiger partial charge in [0.05, 0.1) is 31.8 Å². The number of aromatic nitrogens is 5. The molecule has 2 aromatic rings.